The van der Waals surface area contributed by atoms with Gasteiger partial charge in [0.15, 0.2) is 5.75 Å². The van der Waals surface area contributed by atoms with E-state index in [0.29, 0.717) is 5.76 Å². The number of pyridine rings is 1. The van der Waals surface area contributed by atoms with E-state index >= 15 is 0 Å². The molecule has 7 nitrogen and oxygen atoms in total. The molecule has 0 saturated heterocycles. The van der Waals surface area contributed by atoms with Gasteiger partial charge in [-0.2, -0.15) is 0 Å². The number of ether oxygens (including phenoxy) is 1. The SMILES string of the molecule is COc1c[nH]c(C(=O)NCc2c(C)noc2C)cc1=O. The lowest BCUT2D eigenvalue weighted by Gasteiger charge is -2.05. The first-order chi connectivity index (χ1) is 9.52. The summed E-state index contributed by atoms with van der Waals surface area (Å²) < 4.78 is 9.84. The van der Waals surface area contributed by atoms with Crippen molar-refractivity contribution in [1.29, 1.82) is 0 Å². The minimum Gasteiger partial charge on any atom is -0.491 e. The van der Waals surface area contributed by atoms with Crippen LogP contribution < -0.4 is 15.5 Å². The number of carbonyl (C=O) groups is 1. The maximum Gasteiger partial charge on any atom is 0.268 e. The van der Waals surface area contributed by atoms with Crippen molar-refractivity contribution in [1.82, 2.24) is 15.5 Å². The molecule has 2 aromatic rings. The largest absolute Gasteiger partial charge is 0.491 e. The van der Waals surface area contributed by atoms with Crippen molar-refractivity contribution in [2.75, 3.05) is 7.11 Å². The number of H-pyrrole nitrogens is 1. The molecule has 0 radical (unpaired) electrons. The smallest absolute Gasteiger partial charge is 0.268 e. The summed E-state index contributed by atoms with van der Waals surface area (Å²) in [5.74, 6) is 0.433. The predicted molar refractivity (Wildman–Crippen MR) is 70.8 cm³/mol. The minimum atomic E-state index is -0.384. The molecule has 2 rings (SSSR count). The second-order valence-corrected chi connectivity index (χ2v) is 4.26. The Labute approximate surface area is 114 Å². The van der Waals surface area contributed by atoms with Crippen LogP contribution in [0.5, 0.6) is 5.75 Å². The van der Waals surface area contributed by atoms with Gasteiger partial charge in [-0.1, -0.05) is 5.16 Å². The standard InChI is InChI=1S/C13H15N3O4/c1-7-9(8(2)20-16-7)5-15-13(18)10-4-11(17)12(19-3)6-14-10/h4,6H,5H2,1-3H3,(H,14,17)(H,15,18). The summed E-state index contributed by atoms with van der Waals surface area (Å²) in [6.45, 7) is 3.86. The molecule has 0 aliphatic heterocycles. The molecule has 0 atom stereocenters. The number of nitrogens with one attached hydrogen (secondary N) is 2. The summed E-state index contributed by atoms with van der Waals surface area (Å²) in [6, 6.07) is 1.20. The highest BCUT2D eigenvalue weighted by Gasteiger charge is 2.12. The summed E-state index contributed by atoms with van der Waals surface area (Å²) in [7, 11) is 1.39. The van der Waals surface area contributed by atoms with E-state index in [0.717, 1.165) is 11.3 Å². The molecule has 106 valence electrons. The second-order valence-electron chi connectivity index (χ2n) is 4.26. The van der Waals surface area contributed by atoms with Crippen LogP contribution in [0.2, 0.25) is 0 Å². The van der Waals surface area contributed by atoms with E-state index in [1.807, 2.05) is 0 Å². The van der Waals surface area contributed by atoms with Gasteiger partial charge in [0.25, 0.3) is 5.91 Å². The highest BCUT2D eigenvalue weighted by molar-refractivity contribution is 5.92. The summed E-state index contributed by atoms with van der Waals surface area (Å²) in [5.41, 5.74) is 1.37. The lowest BCUT2D eigenvalue weighted by molar-refractivity contribution is 0.0945. The monoisotopic (exact) mass is 277 g/mol. The zero-order chi connectivity index (χ0) is 14.7. The average Bonchev–Trinajstić information content (AvgIpc) is 2.75. The third-order valence-corrected chi connectivity index (χ3v) is 2.95. The van der Waals surface area contributed by atoms with E-state index < -0.39 is 0 Å². The molecule has 0 unspecified atom stereocenters. The van der Waals surface area contributed by atoms with Crippen LogP contribution in [0.15, 0.2) is 21.6 Å². The summed E-state index contributed by atoms with van der Waals surface area (Å²) >= 11 is 0. The molecule has 0 bridgehead atoms. The topological polar surface area (TPSA) is 97.2 Å². The van der Waals surface area contributed by atoms with E-state index in [-0.39, 0.29) is 29.3 Å². The van der Waals surface area contributed by atoms with Crippen molar-refractivity contribution in [3.05, 3.63) is 45.2 Å². The third kappa shape index (κ3) is 2.71. The fourth-order valence-electron chi connectivity index (χ4n) is 1.77. The summed E-state index contributed by atoms with van der Waals surface area (Å²) in [4.78, 5) is 26.2. The van der Waals surface area contributed by atoms with Crippen molar-refractivity contribution in [2.45, 2.75) is 20.4 Å². The molecule has 0 fully saturated rings. The zero-order valence-corrected chi connectivity index (χ0v) is 11.4. The number of nitrogens with zero attached hydrogens (tertiary/aromatic N) is 1. The van der Waals surface area contributed by atoms with Crippen LogP contribution in [-0.4, -0.2) is 23.2 Å². The third-order valence-electron chi connectivity index (χ3n) is 2.95. The molecule has 2 heterocycles. The number of rotatable bonds is 4. The zero-order valence-electron chi connectivity index (χ0n) is 11.4. The van der Waals surface area contributed by atoms with Gasteiger partial charge in [0.2, 0.25) is 5.43 Å². The molecular formula is C13H15N3O4. The van der Waals surface area contributed by atoms with E-state index in [9.17, 15) is 9.59 Å². The Morgan fingerprint density at radius 3 is 2.80 bits per heavy atom. The Balaban J connectivity index is 2.09. The highest BCUT2D eigenvalue weighted by atomic mass is 16.5. The molecule has 2 aromatic heterocycles. The Morgan fingerprint density at radius 2 is 2.25 bits per heavy atom. The Hall–Kier alpha value is -2.57. The molecule has 0 aromatic carbocycles. The molecule has 0 spiro atoms. The number of amides is 1. The first-order valence-corrected chi connectivity index (χ1v) is 5.99. The predicted octanol–water partition coefficient (Wildman–Crippen LogP) is 0.918. The number of carbonyl (C=O) groups excluding carboxylic acids is 1. The van der Waals surface area contributed by atoms with E-state index in [2.05, 4.69) is 15.5 Å². The molecular weight excluding hydrogens is 262 g/mol. The molecule has 1 amide bonds. The molecule has 7 heteroatoms. The van der Waals surface area contributed by atoms with Crippen LogP contribution in [0.3, 0.4) is 0 Å². The van der Waals surface area contributed by atoms with Crippen LogP contribution in [-0.2, 0) is 6.54 Å². The van der Waals surface area contributed by atoms with Crippen LogP contribution >= 0.6 is 0 Å². The van der Waals surface area contributed by atoms with Gasteiger partial charge in [-0.3, -0.25) is 9.59 Å². The number of hydrogen-bond acceptors (Lipinski definition) is 5. The maximum atomic E-state index is 11.9. The van der Waals surface area contributed by atoms with Gasteiger partial charge in [-0.05, 0) is 13.8 Å². The van der Waals surface area contributed by atoms with Crippen molar-refractivity contribution < 1.29 is 14.1 Å². The Kier molecular flexibility index (Phi) is 3.88. The van der Waals surface area contributed by atoms with Gasteiger partial charge >= 0.3 is 0 Å². The van der Waals surface area contributed by atoms with E-state index in [4.69, 9.17) is 9.26 Å². The molecule has 0 aliphatic rings. The van der Waals surface area contributed by atoms with Crippen molar-refractivity contribution in [3.63, 3.8) is 0 Å². The van der Waals surface area contributed by atoms with Gasteiger partial charge in [0.05, 0.1) is 12.8 Å². The normalized spacial score (nSPS) is 10.3. The fourth-order valence-corrected chi connectivity index (χ4v) is 1.77. The van der Waals surface area contributed by atoms with Crippen LogP contribution in [0, 0.1) is 13.8 Å². The quantitative estimate of drug-likeness (QED) is 0.866. The van der Waals surface area contributed by atoms with Crippen LogP contribution in [0.4, 0.5) is 0 Å². The second kappa shape index (κ2) is 5.60. The van der Waals surface area contributed by atoms with Crippen molar-refractivity contribution in [3.8, 4) is 5.75 Å². The van der Waals surface area contributed by atoms with Gasteiger partial charge in [0.1, 0.15) is 11.5 Å². The van der Waals surface area contributed by atoms with E-state index in [1.165, 1.54) is 19.4 Å². The molecule has 20 heavy (non-hydrogen) atoms. The first kappa shape index (κ1) is 13.9. The lowest BCUT2D eigenvalue weighted by atomic mass is 10.2. The van der Waals surface area contributed by atoms with Crippen LogP contribution in [0.1, 0.15) is 27.5 Å². The molecule has 0 saturated carbocycles. The first-order valence-electron chi connectivity index (χ1n) is 5.99. The Morgan fingerprint density at radius 1 is 1.50 bits per heavy atom. The fraction of sp³-hybridized carbons (Fsp3) is 0.308. The van der Waals surface area contributed by atoms with Crippen molar-refractivity contribution >= 4 is 5.91 Å². The lowest BCUT2D eigenvalue weighted by Crippen LogP contribution is -2.25. The number of methoxy groups -OCH3 is 1. The number of hydrogen-bond donors (Lipinski definition) is 2. The number of aromatic amines is 1. The van der Waals surface area contributed by atoms with Gasteiger partial charge in [-0.15, -0.1) is 0 Å². The minimum absolute atomic E-state index is 0.160. The van der Waals surface area contributed by atoms with Gasteiger partial charge in [0, 0.05) is 24.4 Å². The van der Waals surface area contributed by atoms with Gasteiger partial charge < -0.3 is 19.6 Å². The maximum absolute atomic E-state index is 11.9. The van der Waals surface area contributed by atoms with Crippen molar-refractivity contribution in [2.24, 2.45) is 0 Å². The number of aryl methyl sites for hydroxylation is 2. The molecule has 2 N–H and O–H groups in total. The van der Waals surface area contributed by atoms with E-state index in [1.54, 1.807) is 13.8 Å². The highest BCUT2D eigenvalue weighted by Crippen LogP contribution is 2.11. The van der Waals surface area contributed by atoms with Gasteiger partial charge in [-0.25, -0.2) is 0 Å². The summed E-state index contributed by atoms with van der Waals surface area (Å²) in [6.07, 6.45) is 1.35. The Bertz CT molecular complexity index is 668. The summed E-state index contributed by atoms with van der Waals surface area (Å²) in [5, 5.41) is 6.50. The molecule has 0 aliphatic carbocycles. The van der Waals surface area contributed by atoms with Crippen LogP contribution in [0.25, 0.3) is 0 Å². The number of aromatic nitrogens is 2. The average molecular weight is 277 g/mol.